The molecule has 0 saturated heterocycles. The van der Waals surface area contributed by atoms with Gasteiger partial charge in [-0.15, -0.1) is 0 Å². The maximum absolute atomic E-state index is 12.1. The van der Waals surface area contributed by atoms with Crippen molar-refractivity contribution >= 4 is 15.7 Å². The normalized spacial score (nSPS) is 11.8. The summed E-state index contributed by atoms with van der Waals surface area (Å²) in [5, 5.41) is -0.0627. The van der Waals surface area contributed by atoms with Crippen LogP contribution >= 0.6 is 0 Å². The molecule has 7 heteroatoms. The van der Waals surface area contributed by atoms with Crippen molar-refractivity contribution in [1.29, 1.82) is 0 Å². The van der Waals surface area contributed by atoms with E-state index in [0.29, 0.717) is 12.2 Å². The van der Waals surface area contributed by atoms with Crippen molar-refractivity contribution in [2.45, 2.75) is 51.0 Å². The molecule has 0 unspecified atom stereocenters. The zero-order chi connectivity index (χ0) is 15.7. The molecule has 0 aliphatic carbocycles. The number of nitrogens with zero attached hydrogens (tertiary/aromatic N) is 1. The van der Waals surface area contributed by atoms with Gasteiger partial charge in [-0.05, 0) is 24.5 Å². The fraction of sp³-hybridized carbons (Fsp3) is 0.643. The van der Waals surface area contributed by atoms with Gasteiger partial charge in [0.2, 0.25) is 0 Å². The highest BCUT2D eigenvalue weighted by molar-refractivity contribution is 7.89. The molecule has 6 nitrogen and oxygen atoms in total. The summed E-state index contributed by atoms with van der Waals surface area (Å²) >= 11 is 0. The predicted octanol–water partition coefficient (Wildman–Crippen LogP) is 2.25. The van der Waals surface area contributed by atoms with Gasteiger partial charge in [-0.2, -0.15) is 0 Å². The summed E-state index contributed by atoms with van der Waals surface area (Å²) in [6.07, 6.45) is 6.85. The van der Waals surface area contributed by atoms with Crippen molar-refractivity contribution in [2.75, 3.05) is 12.0 Å². The minimum atomic E-state index is -3.61. The van der Waals surface area contributed by atoms with Crippen LogP contribution in [0.3, 0.4) is 0 Å². The van der Waals surface area contributed by atoms with Gasteiger partial charge in [-0.3, -0.25) is 5.84 Å². The number of nitrogen functional groups attached to an aromatic ring is 1. The summed E-state index contributed by atoms with van der Waals surface area (Å²) in [5.74, 6) is 6.03. The second-order valence-corrected chi connectivity index (χ2v) is 7.18. The summed E-state index contributed by atoms with van der Waals surface area (Å²) < 4.78 is 26.8. The monoisotopic (exact) mass is 314 g/mol. The number of nitrogens with two attached hydrogens (primary N) is 1. The number of hydrazine groups is 1. The molecule has 0 aliphatic heterocycles. The largest absolute Gasteiger partial charge is 0.321 e. The quantitative estimate of drug-likeness (QED) is 0.349. The lowest BCUT2D eigenvalue weighted by Crippen LogP contribution is -2.27. The molecular weight excluding hydrogens is 288 g/mol. The fourth-order valence-electron chi connectivity index (χ4n) is 2.02. The Labute approximate surface area is 127 Å². The Morgan fingerprint density at radius 2 is 1.95 bits per heavy atom. The van der Waals surface area contributed by atoms with Crippen LogP contribution < -0.4 is 16.0 Å². The van der Waals surface area contributed by atoms with E-state index in [-0.39, 0.29) is 5.03 Å². The van der Waals surface area contributed by atoms with Gasteiger partial charge in [0, 0.05) is 12.7 Å². The molecule has 0 fully saturated rings. The minimum Gasteiger partial charge on any atom is -0.321 e. The second kappa shape index (κ2) is 8.96. The molecule has 0 radical (unpaired) electrons. The lowest BCUT2D eigenvalue weighted by Gasteiger charge is -2.09. The van der Waals surface area contributed by atoms with Gasteiger partial charge in [0.25, 0.3) is 10.0 Å². The first kappa shape index (κ1) is 17.9. The maximum Gasteiger partial charge on any atom is 0.260 e. The molecule has 0 amide bonds. The standard InChI is InChI=1S/C14H26N4O2S/c1-12(2)8-5-3-4-6-11-17-21(19,20)14-13(18-15)9-7-10-16-14/h7,9-10,12,17-18H,3-6,8,11,15H2,1-2H3. The van der Waals surface area contributed by atoms with E-state index in [4.69, 9.17) is 5.84 Å². The molecule has 0 aliphatic rings. The molecule has 0 aromatic carbocycles. The van der Waals surface area contributed by atoms with Crippen LogP contribution in [0.25, 0.3) is 0 Å². The van der Waals surface area contributed by atoms with Gasteiger partial charge in [-0.25, -0.2) is 18.1 Å². The average molecular weight is 314 g/mol. The molecule has 0 saturated carbocycles. The highest BCUT2D eigenvalue weighted by atomic mass is 32.2. The number of sulfonamides is 1. The minimum absolute atomic E-state index is 0.0627. The number of pyridine rings is 1. The lowest BCUT2D eigenvalue weighted by atomic mass is 10.0. The Balaban J connectivity index is 2.37. The van der Waals surface area contributed by atoms with E-state index in [1.165, 1.54) is 19.0 Å². The number of hydrogen-bond acceptors (Lipinski definition) is 5. The molecule has 1 rings (SSSR count). The van der Waals surface area contributed by atoms with E-state index in [0.717, 1.165) is 25.2 Å². The van der Waals surface area contributed by atoms with E-state index < -0.39 is 10.0 Å². The van der Waals surface area contributed by atoms with Crippen LogP contribution in [0.15, 0.2) is 23.4 Å². The van der Waals surface area contributed by atoms with Crippen LogP contribution in [0, 0.1) is 5.92 Å². The van der Waals surface area contributed by atoms with Crippen LogP contribution in [0.1, 0.15) is 46.0 Å². The lowest BCUT2D eigenvalue weighted by molar-refractivity contribution is 0.517. The Morgan fingerprint density at radius 3 is 2.62 bits per heavy atom. The van der Waals surface area contributed by atoms with Gasteiger partial charge in [0.15, 0.2) is 5.03 Å². The summed E-state index contributed by atoms with van der Waals surface area (Å²) in [6, 6.07) is 3.20. The Bertz CT molecular complexity index is 517. The van der Waals surface area contributed by atoms with Crippen LogP contribution in [0.4, 0.5) is 5.69 Å². The van der Waals surface area contributed by atoms with Gasteiger partial charge >= 0.3 is 0 Å². The highest BCUT2D eigenvalue weighted by Gasteiger charge is 2.18. The number of unbranched alkanes of at least 4 members (excludes halogenated alkanes) is 3. The molecule has 0 atom stereocenters. The predicted molar refractivity (Wildman–Crippen MR) is 85.2 cm³/mol. The first-order chi connectivity index (χ1) is 9.97. The SMILES string of the molecule is CC(C)CCCCCCNS(=O)(=O)c1ncccc1NN. The fourth-order valence-corrected chi connectivity index (χ4v) is 3.19. The van der Waals surface area contributed by atoms with E-state index in [1.807, 2.05) is 0 Å². The van der Waals surface area contributed by atoms with Gasteiger partial charge < -0.3 is 5.43 Å². The molecule has 1 aromatic heterocycles. The molecule has 1 aromatic rings. The van der Waals surface area contributed by atoms with Crippen molar-refractivity contribution in [3.8, 4) is 0 Å². The number of anilines is 1. The third-order valence-electron chi connectivity index (χ3n) is 3.18. The first-order valence-corrected chi connectivity index (χ1v) is 8.87. The number of aromatic nitrogens is 1. The third kappa shape index (κ3) is 6.41. The summed E-state index contributed by atoms with van der Waals surface area (Å²) in [4.78, 5) is 3.88. The van der Waals surface area contributed by atoms with Crippen molar-refractivity contribution in [1.82, 2.24) is 9.71 Å². The van der Waals surface area contributed by atoms with Crippen LogP contribution in [0.5, 0.6) is 0 Å². The highest BCUT2D eigenvalue weighted by Crippen LogP contribution is 2.16. The molecular formula is C14H26N4O2S. The molecule has 4 N–H and O–H groups in total. The maximum atomic E-state index is 12.1. The topological polar surface area (TPSA) is 97.1 Å². The number of nitrogens with one attached hydrogen (secondary N) is 2. The molecule has 21 heavy (non-hydrogen) atoms. The summed E-state index contributed by atoms with van der Waals surface area (Å²) in [5.41, 5.74) is 2.64. The van der Waals surface area contributed by atoms with Crippen molar-refractivity contribution in [3.05, 3.63) is 18.3 Å². The van der Waals surface area contributed by atoms with Gasteiger partial charge in [-0.1, -0.05) is 39.5 Å². The zero-order valence-electron chi connectivity index (χ0n) is 12.8. The van der Waals surface area contributed by atoms with Crippen molar-refractivity contribution in [3.63, 3.8) is 0 Å². The Hall–Kier alpha value is -1.18. The summed E-state index contributed by atoms with van der Waals surface area (Å²) in [7, 11) is -3.61. The average Bonchev–Trinajstić information content (AvgIpc) is 2.45. The Morgan fingerprint density at radius 1 is 1.24 bits per heavy atom. The number of rotatable bonds is 10. The molecule has 120 valence electrons. The molecule has 1 heterocycles. The van der Waals surface area contributed by atoms with E-state index in [1.54, 1.807) is 12.1 Å². The van der Waals surface area contributed by atoms with E-state index in [2.05, 4.69) is 29.0 Å². The van der Waals surface area contributed by atoms with Crippen molar-refractivity contribution in [2.24, 2.45) is 11.8 Å². The van der Waals surface area contributed by atoms with Crippen LogP contribution in [0.2, 0.25) is 0 Å². The smallest absolute Gasteiger partial charge is 0.260 e. The molecule has 0 spiro atoms. The van der Waals surface area contributed by atoms with Gasteiger partial charge in [0.05, 0.1) is 5.69 Å². The van der Waals surface area contributed by atoms with Crippen LogP contribution in [-0.4, -0.2) is 19.9 Å². The van der Waals surface area contributed by atoms with Gasteiger partial charge in [0.1, 0.15) is 0 Å². The molecule has 0 bridgehead atoms. The third-order valence-corrected chi connectivity index (χ3v) is 4.60. The number of hydrogen-bond donors (Lipinski definition) is 3. The zero-order valence-corrected chi connectivity index (χ0v) is 13.6. The van der Waals surface area contributed by atoms with E-state index >= 15 is 0 Å². The van der Waals surface area contributed by atoms with E-state index in [9.17, 15) is 8.42 Å². The van der Waals surface area contributed by atoms with Crippen molar-refractivity contribution < 1.29 is 8.42 Å². The first-order valence-electron chi connectivity index (χ1n) is 7.38. The Kier molecular flexibility index (Phi) is 7.63. The second-order valence-electron chi connectivity index (χ2n) is 5.49. The van der Waals surface area contributed by atoms with Crippen LogP contribution in [-0.2, 0) is 10.0 Å². The summed E-state index contributed by atoms with van der Waals surface area (Å²) in [6.45, 7) is 4.85.